The van der Waals surface area contributed by atoms with Crippen LogP contribution in [0.4, 0.5) is 4.39 Å². The molecule has 168 valence electrons. The van der Waals surface area contributed by atoms with Gasteiger partial charge in [0.25, 0.3) is 0 Å². The van der Waals surface area contributed by atoms with Crippen LogP contribution in [-0.4, -0.2) is 29.3 Å². The van der Waals surface area contributed by atoms with Gasteiger partial charge in [-0.1, -0.05) is 63.6 Å². The Hall–Kier alpha value is -2.69. The smallest absolute Gasteiger partial charge is 0.242 e. The van der Waals surface area contributed by atoms with Gasteiger partial charge in [-0.25, -0.2) is 4.39 Å². The van der Waals surface area contributed by atoms with E-state index in [1.165, 1.54) is 17.7 Å². The van der Waals surface area contributed by atoms with Crippen LogP contribution < -0.4 is 5.32 Å². The van der Waals surface area contributed by atoms with E-state index in [0.717, 1.165) is 30.4 Å². The summed E-state index contributed by atoms with van der Waals surface area (Å²) < 4.78 is 13.3. The van der Waals surface area contributed by atoms with Crippen molar-refractivity contribution in [3.63, 3.8) is 0 Å². The lowest BCUT2D eigenvalue weighted by Crippen LogP contribution is -2.49. The molecule has 1 N–H and O–H groups in total. The highest BCUT2D eigenvalue weighted by Crippen LogP contribution is 2.16. The van der Waals surface area contributed by atoms with E-state index in [1.54, 1.807) is 17.0 Å². The molecule has 2 aromatic carbocycles. The van der Waals surface area contributed by atoms with Crippen LogP contribution in [0.15, 0.2) is 48.5 Å². The Labute approximate surface area is 185 Å². The zero-order chi connectivity index (χ0) is 22.6. The monoisotopic (exact) mass is 426 g/mol. The van der Waals surface area contributed by atoms with Crippen molar-refractivity contribution in [2.24, 2.45) is 0 Å². The normalized spacial score (nSPS) is 11.7. The molecule has 0 aliphatic rings. The molecule has 4 nitrogen and oxygen atoms in total. The molecule has 0 saturated carbocycles. The molecule has 5 heteroatoms. The number of hydrogen-bond donors (Lipinski definition) is 1. The van der Waals surface area contributed by atoms with Gasteiger partial charge in [0.15, 0.2) is 0 Å². The number of nitrogens with zero attached hydrogens (tertiary/aromatic N) is 1. The van der Waals surface area contributed by atoms with E-state index in [1.807, 2.05) is 6.92 Å². The van der Waals surface area contributed by atoms with Gasteiger partial charge in [-0.15, -0.1) is 0 Å². The van der Waals surface area contributed by atoms with Crippen LogP contribution in [0, 0.1) is 5.82 Å². The quantitative estimate of drug-likeness (QED) is 0.483. The Bertz CT molecular complexity index is 818. The first kappa shape index (κ1) is 24.6. The van der Waals surface area contributed by atoms with Crippen LogP contribution in [0.25, 0.3) is 0 Å². The van der Waals surface area contributed by atoms with E-state index >= 15 is 0 Å². The maximum atomic E-state index is 13.3. The Morgan fingerprint density at radius 3 is 2.13 bits per heavy atom. The molecule has 0 heterocycles. The third kappa shape index (κ3) is 7.82. The summed E-state index contributed by atoms with van der Waals surface area (Å²) in [5.41, 5.74) is 3.18. The highest BCUT2D eigenvalue weighted by molar-refractivity contribution is 5.87. The van der Waals surface area contributed by atoms with Gasteiger partial charge in [-0.2, -0.15) is 0 Å². The molecule has 0 fully saturated rings. The predicted octanol–water partition coefficient (Wildman–Crippen LogP) is 5.04. The van der Waals surface area contributed by atoms with E-state index in [4.69, 9.17) is 0 Å². The lowest BCUT2D eigenvalue weighted by Gasteiger charge is -2.31. The fourth-order valence-corrected chi connectivity index (χ4v) is 3.55. The summed E-state index contributed by atoms with van der Waals surface area (Å²) in [5, 5.41) is 2.96. The average Bonchev–Trinajstić information content (AvgIpc) is 2.79. The summed E-state index contributed by atoms with van der Waals surface area (Å²) in [7, 11) is 0. The molecule has 0 aliphatic heterocycles. The molecule has 2 aromatic rings. The summed E-state index contributed by atoms with van der Waals surface area (Å²) in [5.74, 6) is -0.512. The molecule has 0 bridgehead atoms. The largest absolute Gasteiger partial charge is 0.354 e. The zero-order valence-electron chi connectivity index (χ0n) is 19.0. The van der Waals surface area contributed by atoms with Crippen LogP contribution in [0.1, 0.15) is 63.1 Å². The van der Waals surface area contributed by atoms with Crippen molar-refractivity contribution >= 4 is 11.8 Å². The van der Waals surface area contributed by atoms with Crippen molar-refractivity contribution in [3.05, 3.63) is 71.0 Å². The van der Waals surface area contributed by atoms with E-state index in [-0.39, 0.29) is 24.2 Å². The summed E-state index contributed by atoms with van der Waals surface area (Å²) in [6, 6.07) is 13.9. The fraction of sp³-hybridized carbons (Fsp3) is 0.462. The maximum absolute atomic E-state index is 13.3. The Morgan fingerprint density at radius 2 is 1.55 bits per heavy atom. The second-order valence-corrected chi connectivity index (χ2v) is 7.89. The third-order valence-electron chi connectivity index (χ3n) is 5.54. The number of carbonyl (C=O) groups is 2. The summed E-state index contributed by atoms with van der Waals surface area (Å²) in [6.45, 7) is 6.99. The van der Waals surface area contributed by atoms with E-state index in [9.17, 15) is 14.0 Å². The fourth-order valence-electron chi connectivity index (χ4n) is 3.55. The number of nitrogens with one attached hydrogen (secondary N) is 1. The van der Waals surface area contributed by atoms with Gasteiger partial charge in [-0.05, 0) is 54.5 Å². The topological polar surface area (TPSA) is 49.4 Å². The minimum Gasteiger partial charge on any atom is -0.354 e. The third-order valence-corrected chi connectivity index (χ3v) is 5.54. The van der Waals surface area contributed by atoms with E-state index in [2.05, 4.69) is 43.4 Å². The number of halogens is 1. The lowest BCUT2D eigenvalue weighted by atomic mass is 10.0. The molecule has 0 radical (unpaired) electrons. The number of amides is 2. The molecule has 0 saturated heterocycles. The molecule has 0 unspecified atom stereocenters. The molecule has 31 heavy (non-hydrogen) atoms. The number of carbonyl (C=O) groups excluding carboxylic acids is 2. The summed E-state index contributed by atoms with van der Waals surface area (Å²) in [4.78, 5) is 27.7. The van der Waals surface area contributed by atoms with Gasteiger partial charge >= 0.3 is 0 Å². The van der Waals surface area contributed by atoms with E-state index < -0.39 is 6.04 Å². The van der Waals surface area contributed by atoms with Gasteiger partial charge in [0.1, 0.15) is 11.9 Å². The van der Waals surface area contributed by atoms with Crippen molar-refractivity contribution < 1.29 is 14.0 Å². The number of aryl methyl sites for hydroxylation is 2. The first-order chi connectivity index (χ1) is 15.0. The molecular weight excluding hydrogens is 391 g/mol. The van der Waals surface area contributed by atoms with Crippen molar-refractivity contribution in [2.75, 3.05) is 6.54 Å². The minimum atomic E-state index is -0.545. The molecule has 2 rings (SSSR count). The SMILES string of the molecule is CCCCNC(=O)[C@@H](CC)N(Cc1ccc(F)cc1)C(=O)CCc1ccc(CC)cc1. The van der Waals surface area contributed by atoms with Crippen LogP contribution >= 0.6 is 0 Å². The Kier molecular flexibility index (Phi) is 10.2. The molecule has 0 aliphatic carbocycles. The minimum absolute atomic E-state index is 0.0682. The second kappa shape index (κ2) is 12.9. The Balaban J connectivity index is 2.14. The molecular formula is C26H35FN2O2. The van der Waals surface area contributed by atoms with Gasteiger partial charge in [0.05, 0.1) is 0 Å². The number of rotatable bonds is 12. The van der Waals surface area contributed by atoms with Crippen LogP contribution in [-0.2, 0) is 29.0 Å². The first-order valence-corrected chi connectivity index (χ1v) is 11.4. The lowest BCUT2D eigenvalue weighted by molar-refractivity contribution is -0.141. The van der Waals surface area contributed by atoms with Gasteiger partial charge in [0, 0.05) is 19.5 Å². The summed E-state index contributed by atoms with van der Waals surface area (Å²) >= 11 is 0. The molecule has 1 atom stereocenters. The average molecular weight is 427 g/mol. The number of benzene rings is 2. The highest BCUT2D eigenvalue weighted by Gasteiger charge is 2.28. The number of unbranched alkanes of at least 4 members (excludes halogenated alkanes) is 1. The van der Waals surface area contributed by atoms with Gasteiger partial charge in [0.2, 0.25) is 11.8 Å². The zero-order valence-corrected chi connectivity index (χ0v) is 19.0. The molecule has 0 aromatic heterocycles. The standard InChI is InChI=1S/C26H35FN2O2/c1-4-7-18-28-26(31)24(6-3)29(19-22-12-15-23(27)16-13-22)25(30)17-14-21-10-8-20(5-2)9-11-21/h8-13,15-16,24H,4-7,14,17-19H2,1-3H3,(H,28,31)/t24-/m1/s1. The van der Waals surface area contributed by atoms with Gasteiger partial charge in [-0.3, -0.25) is 9.59 Å². The first-order valence-electron chi connectivity index (χ1n) is 11.4. The second-order valence-electron chi connectivity index (χ2n) is 7.89. The summed E-state index contributed by atoms with van der Waals surface area (Å²) in [6.07, 6.45) is 4.35. The highest BCUT2D eigenvalue weighted by atomic mass is 19.1. The van der Waals surface area contributed by atoms with E-state index in [0.29, 0.717) is 25.8 Å². The van der Waals surface area contributed by atoms with Gasteiger partial charge < -0.3 is 10.2 Å². The molecule has 0 spiro atoms. The maximum Gasteiger partial charge on any atom is 0.242 e. The van der Waals surface area contributed by atoms with Crippen LogP contribution in [0.3, 0.4) is 0 Å². The molecule has 2 amide bonds. The van der Waals surface area contributed by atoms with Crippen molar-refractivity contribution in [2.45, 2.75) is 71.9 Å². The van der Waals surface area contributed by atoms with Crippen LogP contribution in [0.5, 0.6) is 0 Å². The predicted molar refractivity (Wildman–Crippen MR) is 123 cm³/mol. The van der Waals surface area contributed by atoms with Crippen molar-refractivity contribution in [3.8, 4) is 0 Å². The Morgan fingerprint density at radius 1 is 0.935 bits per heavy atom. The van der Waals surface area contributed by atoms with Crippen LogP contribution in [0.2, 0.25) is 0 Å². The van der Waals surface area contributed by atoms with Crippen molar-refractivity contribution in [1.29, 1.82) is 0 Å². The van der Waals surface area contributed by atoms with Crippen molar-refractivity contribution in [1.82, 2.24) is 10.2 Å². The number of hydrogen-bond acceptors (Lipinski definition) is 2.